The molecule has 1 aromatic carbocycles. The van der Waals surface area contributed by atoms with E-state index in [-0.39, 0.29) is 11.7 Å². The van der Waals surface area contributed by atoms with Gasteiger partial charge >= 0.3 is 0 Å². The number of fused-ring (bicyclic) bond motifs is 1. The monoisotopic (exact) mass is 218 g/mol. The van der Waals surface area contributed by atoms with Crippen LogP contribution in [0, 0.1) is 5.92 Å². The Bertz CT molecular complexity index is 401. The molecular weight excluding hydrogens is 200 g/mol. The van der Waals surface area contributed by atoms with Crippen LogP contribution in [0.25, 0.3) is 0 Å². The molecule has 2 nitrogen and oxygen atoms in total. The molecule has 86 valence electrons. The quantitative estimate of drug-likeness (QED) is 0.828. The number of aryl methyl sites for hydroxylation is 1. The van der Waals surface area contributed by atoms with Gasteiger partial charge in [0.25, 0.3) is 0 Å². The largest absolute Gasteiger partial charge is 0.390 e. The third kappa shape index (κ3) is 2.33. The van der Waals surface area contributed by atoms with Crippen LogP contribution in [-0.4, -0.2) is 16.5 Å². The Morgan fingerprint density at radius 3 is 2.75 bits per heavy atom. The maximum atomic E-state index is 12.2. The van der Waals surface area contributed by atoms with Gasteiger partial charge in [0.1, 0.15) is 0 Å². The number of hydrogen-bond donors (Lipinski definition) is 1. The lowest BCUT2D eigenvalue weighted by Crippen LogP contribution is -2.30. The maximum absolute atomic E-state index is 12.2. The molecule has 0 saturated heterocycles. The molecular formula is C14H18O2. The van der Waals surface area contributed by atoms with Crippen LogP contribution in [0.4, 0.5) is 0 Å². The van der Waals surface area contributed by atoms with Crippen molar-refractivity contribution >= 4 is 5.78 Å². The summed E-state index contributed by atoms with van der Waals surface area (Å²) < 4.78 is 0. The Labute approximate surface area is 96.3 Å². The number of benzene rings is 1. The molecule has 1 aliphatic rings. The van der Waals surface area contributed by atoms with Crippen molar-refractivity contribution in [3.63, 3.8) is 0 Å². The fourth-order valence-corrected chi connectivity index (χ4v) is 2.46. The third-order valence-electron chi connectivity index (χ3n) is 3.16. The summed E-state index contributed by atoms with van der Waals surface area (Å²) in [5.41, 5.74) is 1.24. The number of rotatable bonds is 2. The highest BCUT2D eigenvalue weighted by molar-refractivity contribution is 6.00. The summed E-state index contributed by atoms with van der Waals surface area (Å²) in [6.45, 7) is 3.53. The van der Waals surface area contributed by atoms with Crippen LogP contribution in [0.3, 0.4) is 0 Å². The van der Waals surface area contributed by atoms with Crippen LogP contribution in [0.5, 0.6) is 0 Å². The van der Waals surface area contributed by atoms with Gasteiger partial charge in [-0.05, 0) is 38.7 Å². The maximum Gasteiger partial charge on any atom is 0.166 e. The zero-order valence-corrected chi connectivity index (χ0v) is 9.86. The summed E-state index contributed by atoms with van der Waals surface area (Å²) in [5.74, 6) is 0.180. The fourth-order valence-electron chi connectivity index (χ4n) is 2.46. The molecule has 2 heteroatoms. The number of aliphatic hydroxyl groups is 1. The third-order valence-corrected chi connectivity index (χ3v) is 3.16. The molecule has 1 aliphatic carbocycles. The standard InChI is InChI=1S/C14H18O2/c1-14(2,16)9-11-8-7-10-5-3-4-6-12(10)13(11)15/h3-6,11,16H,7-9H2,1-2H3. The van der Waals surface area contributed by atoms with E-state index in [1.807, 2.05) is 24.3 Å². The number of carbonyl (C=O) groups is 1. The number of hydrogen-bond acceptors (Lipinski definition) is 2. The molecule has 0 heterocycles. The van der Waals surface area contributed by atoms with Gasteiger partial charge in [0.15, 0.2) is 5.78 Å². The first-order valence-corrected chi connectivity index (χ1v) is 5.82. The molecule has 0 amide bonds. The minimum atomic E-state index is -0.757. The van der Waals surface area contributed by atoms with Gasteiger partial charge in [-0.25, -0.2) is 0 Å². The minimum absolute atomic E-state index is 0.0186. The predicted molar refractivity (Wildman–Crippen MR) is 63.5 cm³/mol. The van der Waals surface area contributed by atoms with E-state index < -0.39 is 5.60 Å². The normalized spacial score (nSPS) is 20.7. The van der Waals surface area contributed by atoms with Gasteiger partial charge in [-0.2, -0.15) is 0 Å². The highest BCUT2D eigenvalue weighted by Crippen LogP contribution is 2.30. The lowest BCUT2D eigenvalue weighted by atomic mass is 9.78. The molecule has 0 aromatic heterocycles. The van der Waals surface area contributed by atoms with Crippen molar-refractivity contribution in [2.75, 3.05) is 0 Å². The number of Topliss-reactive ketones (excluding diaryl/α,β-unsaturated/α-hetero) is 1. The first-order valence-electron chi connectivity index (χ1n) is 5.82. The number of ketones is 1. The zero-order valence-electron chi connectivity index (χ0n) is 9.86. The second-order valence-corrected chi connectivity index (χ2v) is 5.27. The van der Waals surface area contributed by atoms with Crippen LogP contribution in [-0.2, 0) is 6.42 Å². The van der Waals surface area contributed by atoms with Crippen molar-refractivity contribution in [3.05, 3.63) is 35.4 Å². The Kier molecular flexibility index (Phi) is 2.85. The molecule has 0 saturated carbocycles. The van der Waals surface area contributed by atoms with Crippen LogP contribution >= 0.6 is 0 Å². The topological polar surface area (TPSA) is 37.3 Å². The summed E-state index contributed by atoms with van der Waals surface area (Å²) in [5, 5.41) is 9.78. The van der Waals surface area contributed by atoms with Gasteiger partial charge in [0, 0.05) is 11.5 Å². The van der Waals surface area contributed by atoms with E-state index in [4.69, 9.17) is 0 Å². The van der Waals surface area contributed by atoms with Gasteiger partial charge < -0.3 is 5.11 Å². The average molecular weight is 218 g/mol. The van der Waals surface area contributed by atoms with Crippen LogP contribution < -0.4 is 0 Å². The average Bonchev–Trinajstić information content (AvgIpc) is 2.21. The van der Waals surface area contributed by atoms with E-state index in [1.54, 1.807) is 13.8 Å². The molecule has 0 fully saturated rings. The molecule has 1 unspecified atom stereocenters. The van der Waals surface area contributed by atoms with Crippen molar-refractivity contribution in [1.29, 1.82) is 0 Å². The summed E-state index contributed by atoms with van der Waals surface area (Å²) in [6.07, 6.45) is 2.36. The highest BCUT2D eigenvalue weighted by Gasteiger charge is 2.30. The number of carbonyl (C=O) groups excluding carboxylic acids is 1. The summed E-state index contributed by atoms with van der Waals surface area (Å²) >= 11 is 0. The Morgan fingerprint density at radius 2 is 2.06 bits per heavy atom. The smallest absolute Gasteiger partial charge is 0.166 e. The summed E-state index contributed by atoms with van der Waals surface area (Å²) in [6, 6.07) is 7.80. The van der Waals surface area contributed by atoms with Gasteiger partial charge in [-0.1, -0.05) is 24.3 Å². The molecule has 1 N–H and O–H groups in total. The Balaban J connectivity index is 2.22. The molecule has 0 spiro atoms. The van der Waals surface area contributed by atoms with Crippen LogP contribution in [0.1, 0.15) is 42.6 Å². The van der Waals surface area contributed by atoms with Crippen molar-refractivity contribution in [3.8, 4) is 0 Å². The van der Waals surface area contributed by atoms with E-state index in [0.717, 1.165) is 24.0 Å². The molecule has 0 radical (unpaired) electrons. The zero-order chi connectivity index (χ0) is 11.8. The fraction of sp³-hybridized carbons (Fsp3) is 0.500. The Morgan fingerprint density at radius 1 is 1.38 bits per heavy atom. The molecule has 2 rings (SSSR count). The van der Waals surface area contributed by atoms with E-state index in [9.17, 15) is 9.90 Å². The van der Waals surface area contributed by atoms with Crippen LogP contribution in [0.15, 0.2) is 24.3 Å². The van der Waals surface area contributed by atoms with E-state index >= 15 is 0 Å². The lowest BCUT2D eigenvalue weighted by molar-refractivity contribution is 0.0450. The van der Waals surface area contributed by atoms with Crippen molar-refractivity contribution in [2.24, 2.45) is 5.92 Å². The van der Waals surface area contributed by atoms with E-state index in [0.29, 0.717) is 6.42 Å². The Hall–Kier alpha value is -1.15. The van der Waals surface area contributed by atoms with Gasteiger partial charge in [0.05, 0.1) is 5.60 Å². The molecule has 1 aromatic rings. The first-order chi connectivity index (χ1) is 7.47. The van der Waals surface area contributed by atoms with Gasteiger partial charge in [-0.3, -0.25) is 4.79 Å². The lowest BCUT2D eigenvalue weighted by Gasteiger charge is -2.28. The van der Waals surface area contributed by atoms with Crippen LogP contribution in [0.2, 0.25) is 0 Å². The van der Waals surface area contributed by atoms with Crippen molar-refractivity contribution in [2.45, 2.75) is 38.7 Å². The van der Waals surface area contributed by atoms with E-state index in [1.165, 1.54) is 0 Å². The second-order valence-electron chi connectivity index (χ2n) is 5.27. The predicted octanol–water partition coefficient (Wildman–Crippen LogP) is 2.59. The van der Waals surface area contributed by atoms with E-state index in [2.05, 4.69) is 0 Å². The van der Waals surface area contributed by atoms with Crippen molar-refractivity contribution < 1.29 is 9.90 Å². The minimum Gasteiger partial charge on any atom is -0.390 e. The molecule has 0 aliphatic heterocycles. The molecule has 0 bridgehead atoms. The summed E-state index contributed by atoms with van der Waals surface area (Å²) in [7, 11) is 0. The SMILES string of the molecule is CC(C)(O)CC1CCc2ccccc2C1=O. The van der Waals surface area contributed by atoms with Gasteiger partial charge in [-0.15, -0.1) is 0 Å². The van der Waals surface area contributed by atoms with Gasteiger partial charge in [0.2, 0.25) is 0 Å². The highest BCUT2D eigenvalue weighted by atomic mass is 16.3. The molecule has 16 heavy (non-hydrogen) atoms. The molecule has 1 atom stereocenters. The first kappa shape index (κ1) is 11.3. The van der Waals surface area contributed by atoms with Crippen molar-refractivity contribution in [1.82, 2.24) is 0 Å². The summed E-state index contributed by atoms with van der Waals surface area (Å²) in [4.78, 5) is 12.2. The second kappa shape index (κ2) is 4.02.